The van der Waals surface area contributed by atoms with Crippen molar-refractivity contribution in [3.05, 3.63) is 0 Å². The minimum Gasteiger partial charge on any atom is -0.459 e. The molecule has 0 amide bonds. The number of hydrogen-bond donors (Lipinski definition) is 0. The van der Waals surface area contributed by atoms with Gasteiger partial charge in [0.2, 0.25) is 0 Å². The van der Waals surface area contributed by atoms with Crippen LogP contribution in [0.1, 0.15) is 20.3 Å². The normalized spacial score (nSPS) is 44.2. The summed E-state index contributed by atoms with van der Waals surface area (Å²) in [6.45, 7) is 3.40. The van der Waals surface area contributed by atoms with E-state index in [1.54, 1.807) is 6.92 Å². The maximum atomic E-state index is 13.1. The van der Waals surface area contributed by atoms with Gasteiger partial charge in [0.15, 0.2) is 0 Å². The van der Waals surface area contributed by atoms with Crippen molar-refractivity contribution in [2.75, 3.05) is 0 Å². The van der Waals surface area contributed by atoms with E-state index in [1.165, 1.54) is 0 Å². The molecule has 0 N–H and O–H groups in total. The zero-order chi connectivity index (χ0) is 8.65. The second kappa shape index (κ2) is 2.63. The summed E-state index contributed by atoms with van der Waals surface area (Å²) in [5.41, 5.74) is 0. The van der Waals surface area contributed by atoms with Crippen molar-refractivity contribution in [2.45, 2.75) is 31.5 Å². The summed E-state index contributed by atoms with van der Waals surface area (Å²) < 4.78 is 17.8. The molecule has 1 heterocycles. The molecule has 0 spiro atoms. The number of halogens is 2. The van der Waals surface area contributed by atoms with Crippen LogP contribution in [-0.4, -0.2) is 17.2 Å². The van der Waals surface area contributed by atoms with Gasteiger partial charge in [0.05, 0.1) is 5.92 Å². The van der Waals surface area contributed by atoms with Crippen molar-refractivity contribution < 1.29 is 13.9 Å². The third kappa shape index (κ3) is 1.22. The molecule has 1 saturated heterocycles. The second-order valence-corrected chi connectivity index (χ2v) is 3.31. The molecule has 2 nitrogen and oxygen atoms in total. The number of alkyl halides is 2. The Morgan fingerprint density at radius 1 is 1.82 bits per heavy atom. The van der Waals surface area contributed by atoms with Crippen LogP contribution in [0.25, 0.3) is 0 Å². The van der Waals surface area contributed by atoms with Gasteiger partial charge >= 0.3 is 5.97 Å². The second-order valence-electron chi connectivity index (χ2n) is 2.76. The molecular formula is C7H10ClFO2. The van der Waals surface area contributed by atoms with Crippen molar-refractivity contribution >= 4 is 17.6 Å². The number of carbonyl (C=O) groups is 1. The van der Waals surface area contributed by atoms with Gasteiger partial charge in [-0.2, -0.15) is 0 Å². The minimum atomic E-state index is -2.30. The molecule has 1 rings (SSSR count). The van der Waals surface area contributed by atoms with Crippen molar-refractivity contribution in [2.24, 2.45) is 5.92 Å². The van der Waals surface area contributed by atoms with Gasteiger partial charge in [0.25, 0.3) is 5.13 Å². The van der Waals surface area contributed by atoms with Crippen LogP contribution in [0, 0.1) is 5.92 Å². The molecule has 1 aliphatic rings. The highest BCUT2D eigenvalue weighted by Gasteiger charge is 2.54. The van der Waals surface area contributed by atoms with Crippen LogP contribution in [0.3, 0.4) is 0 Å². The topological polar surface area (TPSA) is 26.3 Å². The Kier molecular flexibility index (Phi) is 2.10. The van der Waals surface area contributed by atoms with Gasteiger partial charge in [-0.25, -0.2) is 9.18 Å². The first-order valence-electron chi connectivity index (χ1n) is 3.59. The quantitative estimate of drug-likeness (QED) is 0.455. The predicted molar refractivity (Wildman–Crippen MR) is 39.0 cm³/mol. The number of hydrogen-bond acceptors (Lipinski definition) is 2. The van der Waals surface area contributed by atoms with Crippen LogP contribution in [0.5, 0.6) is 0 Å². The standard InChI is InChI=1S/C7H10ClFO2/c1-3-5-4(2)7(8,9)6(10)11-5/h4-5H,3H2,1-2H3. The third-order valence-corrected chi connectivity index (χ3v) is 2.56. The van der Waals surface area contributed by atoms with Crippen LogP contribution in [0.15, 0.2) is 0 Å². The smallest absolute Gasteiger partial charge is 0.360 e. The lowest BCUT2D eigenvalue weighted by atomic mass is 10.0. The fraction of sp³-hybridized carbons (Fsp3) is 0.857. The number of rotatable bonds is 1. The molecule has 0 radical (unpaired) electrons. The van der Waals surface area contributed by atoms with Crippen molar-refractivity contribution in [1.82, 2.24) is 0 Å². The van der Waals surface area contributed by atoms with Gasteiger partial charge in [-0.15, -0.1) is 0 Å². The lowest BCUT2D eigenvalue weighted by Gasteiger charge is -2.13. The van der Waals surface area contributed by atoms with E-state index < -0.39 is 17.0 Å². The number of esters is 1. The van der Waals surface area contributed by atoms with E-state index in [0.29, 0.717) is 6.42 Å². The first-order chi connectivity index (χ1) is 5.00. The fourth-order valence-electron chi connectivity index (χ4n) is 1.17. The van der Waals surface area contributed by atoms with E-state index >= 15 is 0 Å². The summed E-state index contributed by atoms with van der Waals surface area (Å²) in [6.07, 6.45) is 0.232. The average Bonchev–Trinajstić information content (AvgIpc) is 2.14. The third-order valence-electron chi connectivity index (χ3n) is 2.06. The Labute approximate surface area is 69.7 Å². The minimum absolute atomic E-state index is 0.370. The molecule has 0 aromatic rings. The lowest BCUT2D eigenvalue weighted by Crippen LogP contribution is -2.28. The summed E-state index contributed by atoms with van der Waals surface area (Å²) in [5, 5.41) is -2.30. The number of carbonyl (C=O) groups excluding carboxylic acids is 1. The zero-order valence-corrected chi connectivity index (χ0v) is 7.19. The van der Waals surface area contributed by atoms with Crippen LogP contribution in [-0.2, 0) is 9.53 Å². The molecular weight excluding hydrogens is 171 g/mol. The van der Waals surface area contributed by atoms with E-state index in [4.69, 9.17) is 16.3 Å². The molecule has 3 atom stereocenters. The van der Waals surface area contributed by atoms with Gasteiger partial charge in [-0.05, 0) is 6.42 Å². The Hall–Kier alpha value is -0.310. The van der Waals surface area contributed by atoms with E-state index in [1.807, 2.05) is 6.92 Å². The molecule has 64 valence electrons. The van der Waals surface area contributed by atoms with Crippen LogP contribution in [0.2, 0.25) is 0 Å². The Morgan fingerprint density at radius 2 is 2.36 bits per heavy atom. The summed E-state index contributed by atoms with van der Waals surface area (Å²) in [4.78, 5) is 10.7. The Balaban J connectivity index is 2.80. The van der Waals surface area contributed by atoms with Crippen LogP contribution < -0.4 is 0 Å². The Bertz CT molecular complexity index is 181. The largest absolute Gasteiger partial charge is 0.459 e. The lowest BCUT2D eigenvalue weighted by molar-refractivity contribution is -0.146. The van der Waals surface area contributed by atoms with Crippen LogP contribution >= 0.6 is 11.6 Å². The Morgan fingerprint density at radius 3 is 2.55 bits per heavy atom. The molecule has 3 unspecified atom stereocenters. The fourth-order valence-corrected chi connectivity index (χ4v) is 1.36. The molecule has 0 aromatic heterocycles. The first-order valence-corrected chi connectivity index (χ1v) is 3.96. The van der Waals surface area contributed by atoms with Gasteiger partial charge in [-0.1, -0.05) is 25.4 Å². The summed E-state index contributed by atoms with van der Waals surface area (Å²) in [6, 6.07) is 0. The molecule has 0 bridgehead atoms. The van der Waals surface area contributed by atoms with Crippen molar-refractivity contribution in [1.29, 1.82) is 0 Å². The average molecular weight is 181 g/mol. The monoisotopic (exact) mass is 180 g/mol. The SMILES string of the molecule is CCC1OC(=O)C(F)(Cl)C1C. The van der Waals surface area contributed by atoms with Crippen molar-refractivity contribution in [3.8, 4) is 0 Å². The molecule has 0 aromatic carbocycles. The summed E-state index contributed by atoms with van der Waals surface area (Å²) >= 11 is 5.30. The highest BCUT2D eigenvalue weighted by molar-refractivity contribution is 6.33. The van der Waals surface area contributed by atoms with Gasteiger partial charge in [0, 0.05) is 0 Å². The molecule has 1 aliphatic heterocycles. The maximum Gasteiger partial charge on any atom is 0.360 e. The number of ether oxygens (including phenoxy) is 1. The molecule has 0 aliphatic carbocycles. The highest BCUT2D eigenvalue weighted by atomic mass is 35.5. The maximum absolute atomic E-state index is 13.1. The molecule has 11 heavy (non-hydrogen) atoms. The molecule has 0 saturated carbocycles. The predicted octanol–water partition coefficient (Wildman–Crippen LogP) is 1.86. The van der Waals surface area contributed by atoms with E-state index in [9.17, 15) is 9.18 Å². The van der Waals surface area contributed by atoms with Gasteiger partial charge in [0.1, 0.15) is 6.10 Å². The molecule has 1 fully saturated rings. The molecule has 4 heteroatoms. The van der Waals surface area contributed by atoms with E-state index in [2.05, 4.69) is 0 Å². The van der Waals surface area contributed by atoms with E-state index in [-0.39, 0.29) is 6.10 Å². The summed E-state index contributed by atoms with van der Waals surface area (Å²) in [7, 11) is 0. The van der Waals surface area contributed by atoms with E-state index in [0.717, 1.165) is 0 Å². The van der Waals surface area contributed by atoms with Gasteiger partial charge in [-0.3, -0.25) is 0 Å². The number of cyclic esters (lactones) is 1. The van der Waals surface area contributed by atoms with Gasteiger partial charge < -0.3 is 4.74 Å². The zero-order valence-electron chi connectivity index (χ0n) is 6.43. The highest BCUT2D eigenvalue weighted by Crippen LogP contribution is 2.39. The van der Waals surface area contributed by atoms with Crippen molar-refractivity contribution in [3.63, 3.8) is 0 Å². The first kappa shape index (κ1) is 8.78. The van der Waals surface area contributed by atoms with Crippen LogP contribution in [0.4, 0.5) is 4.39 Å². The summed E-state index contributed by atoms with van der Waals surface area (Å²) in [5.74, 6) is -1.50.